The van der Waals surface area contributed by atoms with Crippen molar-refractivity contribution in [3.8, 4) is 0 Å². The molecule has 0 bridgehead atoms. The highest BCUT2D eigenvalue weighted by Crippen LogP contribution is 2.15. The topological polar surface area (TPSA) is 68.0 Å². The number of rotatable bonds is 7. The molecule has 2 rings (SSSR count). The van der Waals surface area contributed by atoms with Gasteiger partial charge in [0.05, 0.1) is 4.92 Å². The van der Waals surface area contributed by atoms with Crippen molar-refractivity contribution in [3.05, 3.63) is 39.9 Å². The predicted octanol–water partition coefficient (Wildman–Crippen LogP) is 3.39. The van der Waals surface area contributed by atoms with Gasteiger partial charge in [-0.15, -0.1) is 0 Å². The van der Waals surface area contributed by atoms with E-state index in [9.17, 15) is 10.1 Å². The Labute approximate surface area is 134 Å². The first-order valence-corrected chi connectivity index (χ1v) is 7.87. The van der Waals surface area contributed by atoms with E-state index in [0.29, 0.717) is 12.2 Å². The number of halogens is 1. The van der Waals surface area contributed by atoms with Crippen LogP contribution in [0.2, 0.25) is 0 Å². The highest BCUT2D eigenvalue weighted by molar-refractivity contribution is 6.69. The number of likely N-dealkylation sites (tertiary alicyclic amines) is 1. The van der Waals surface area contributed by atoms with E-state index in [-0.39, 0.29) is 10.9 Å². The van der Waals surface area contributed by atoms with Crippen LogP contribution >= 0.6 is 11.6 Å². The Morgan fingerprint density at radius 1 is 1.36 bits per heavy atom. The molecule has 0 N–H and O–H groups in total. The summed E-state index contributed by atoms with van der Waals surface area (Å²) in [5.41, 5.74) is 0.461. The van der Waals surface area contributed by atoms with Crippen LogP contribution in [0.5, 0.6) is 0 Å². The summed E-state index contributed by atoms with van der Waals surface area (Å²) in [6.07, 6.45) is 4.77. The summed E-state index contributed by atoms with van der Waals surface area (Å²) in [6, 6.07) is 6.02. The van der Waals surface area contributed by atoms with E-state index in [1.54, 1.807) is 12.1 Å². The quantitative estimate of drug-likeness (QED) is 0.333. The van der Waals surface area contributed by atoms with Crippen molar-refractivity contribution in [1.82, 2.24) is 4.90 Å². The van der Waals surface area contributed by atoms with Crippen LogP contribution in [0.25, 0.3) is 0 Å². The average Bonchev–Trinajstić information content (AvgIpc) is 2.55. The molecule has 6 nitrogen and oxygen atoms in total. The van der Waals surface area contributed by atoms with Crippen molar-refractivity contribution >= 4 is 22.5 Å². The molecule has 0 saturated carbocycles. The molecule has 0 unspecified atom stereocenters. The molecule has 120 valence electrons. The molecule has 0 atom stereocenters. The Morgan fingerprint density at radius 3 is 2.86 bits per heavy atom. The zero-order valence-corrected chi connectivity index (χ0v) is 13.2. The number of nitrogens with zero attached hydrogens (tertiary/aromatic N) is 3. The molecule has 1 saturated heterocycles. The minimum absolute atomic E-state index is 0.0176. The zero-order valence-electron chi connectivity index (χ0n) is 12.4. The maximum atomic E-state index is 10.7. The number of piperidine rings is 1. The molecule has 1 aliphatic rings. The molecule has 0 spiro atoms. The van der Waals surface area contributed by atoms with Gasteiger partial charge in [-0.2, -0.15) is 0 Å². The second kappa shape index (κ2) is 8.70. The lowest BCUT2D eigenvalue weighted by Gasteiger charge is -2.25. The van der Waals surface area contributed by atoms with Gasteiger partial charge in [-0.05, 0) is 32.4 Å². The molecule has 1 fully saturated rings. The van der Waals surface area contributed by atoms with Gasteiger partial charge in [0.1, 0.15) is 6.61 Å². The lowest BCUT2D eigenvalue weighted by atomic mass is 10.1. The van der Waals surface area contributed by atoms with Gasteiger partial charge in [0, 0.05) is 24.2 Å². The van der Waals surface area contributed by atoms with Crippen molar-refractivity contribution in [2.24, 2.45) is 5.16 Å². The number of nitro benzene ring substituents is 1. The van der Waals surface area contributed by atoms with Gasteiger partial charge in [-0.25, -0.2) is 0 Å². The second-order valence-electron chi connectivity index (χ2n) is 5.28. The van der Waals surface area contributed by atoms with Gasteiger partial charge >= 0.3 is 0 Å². The fourth-order valence-corrected chi connectivity index (χ4v) is 2.60. The standard InChI is InChI=1S/C15H20ClN3O3/c16-15(13-6-4-7-14(12-13)19(20)21)17-22-11-5-10-18-8-2-1-3-9-18/h4,6-7,12H,1-3,5,8-11H2. The second-order valence-corrected chi connectivity index (χ2v) is 5.64. The van der Waals surface area contributed by atoms with Crippen LogP contribution in [-0.2, 0) is 4.84 Å². The normalized spacial score (nSPS) is 16.5. The average molecular weight is 326 g/mol. The molecule has 1 aliphatic heterocycles. The minimum atomic E-state index is -0.465. The fourth-order valence-electron chi connectivity index (χ4n) is 2.44. The molecule has 0 amide bonds. The Morgan fingerprint density at radius 2 is 2.14 bits per heavy atom. The van der Waals surface area contributed by atoms with Crippen molar-refractivity contribution in [2.45, 2.75) is 25.7 Å². The first-order chi connectivity index (χ1) is 10.7. The third kappa shape index (κ3) is 5.27. The number of hydrogen-bond acceptors (Lipinski definition) is 5. The van der Waals surface area contributed by atoms with Gasteiger partial charge in [0.15, 0.2) is 5.17 Å². The van der Waals surface area contributed by atoms with Crippen LogP contribution in [0, 0.1) is 10.1 Å². The highest BCUT2D eigenvalue weighted by Gasteiger charge is 2.10. The van der Waals surface area contributed by atoms with E-state index in [0.717, 1.165) is 26.1 Å². The Kier molecular flexibility index (Phi) is 6.61. The van der Waals surface area contributed by atoms with Crippen molar-refractivity contribution in [3.63, 3.8) is 0 Å². The first kappa shape index (κ1) is 16.7. The molecular weight excluding hydrogens is 306 g/mol. The molecule has 1 aromatic rings. The van der Waals surface area contributed by atoms with Crippen LogP contribution in [0.1, 0.15) is 31.2 Å². The first-order valence-electron chi connectivity index (χ1n) is 7.49. The molecular formula is C15H20ClN3O3. The summed E-state index contributed by atoms with van der Waals surface area (Å²) in [4.78, 5) is 17.9. The lowest BCUT2D eigenvalue weighted by Crippen LogP contribution is -2.31. The summed E-state index contributed by atoms with van der Waals surface area (Å²) >= 11 is 6.00. The van der Waals surface area contributed by atoms with Crippen LogP contribution in [0.15, 0.2) is 29.4 Å². The number of hydrogen-bond donors (Lipinski definition) is 0. The Hall–Kier alpha value is -1.66. The lowest BCUT2D eigenvalue weighted by molar-refractivity contribution is -0.384. The molecule has 0 aliphatic carbocycles. The largest absolute Gasteiger partial charge is 0.395 e. The van der Waals surface area contributed by atoms with Gasteiger partial charge in [-0.3, -0.25) is 10.1 Å². The van der Waals surface area contributed by atoms with Crippen molar-refractivity contribution in [2.75, 3.05) is 26.2 Å². The summed E-state index contributed by atoms with van der Waals surface area (Å²) in [6.45, 7) is 3.82. The molecule has 7 heteroatoms. The number of benzene rings is 1. The van der Waals surface area contributed by atoms with Gasteiger partial charge in [0.25, 0.3) is 5.69 Å². The monoisotopic (exact) mass is 325 g/mol. The third-order valence-corrected chi connectivity index (χ3v) is 3.89. The van der Waals surface area contributed by atoms with Gasteiger partial charge < -0.3 is 9.74 Å². The number of nitro groups is 1. The summed E-state index contributed by atoms with van der Waals surface area (Å²) in [5, 5.41) is 14.7. The van der Waals surface area contributed by atoms with E-state index < -0.39 is 4.92 Å². The van der Waals surface area contributed by atoms with Crippen LogP contribution < -0.4 is 0 Å². The molecule has 0 aromatic heterocycles. The number of non-ortho nitro benzene ring substituents is 1. The van der Waals surface area contributed by atoms with E-state index in [1.807, 2.05) is 0 Å². The van der Waals surface area contributed by atoms with Crippen molar-refractivity contribution < 1.29 is 9.76 Å². The van der Waals surface area contributed by atoms with Gasteiger partial charge in [-0.1, -0.05) is 35.3 Å². The molecule has 1 heterocycles. The van der Waals surface area contributed by atoms with Crippen LogP contribution in [0.4, 0.5) is 5.69 Å². The number of oxime groups is 1. The summed E-state index contributed by atoms with van der Waals surface area (Å²) < 4.78 is 0. The third-order valence-electron chi connectivity index (χ3n) is 3.60. The van der Waals surface area contributed by atoms with Gasteiger partial charge in [0.2, 0.25) is 0 Å². The predicted molar refractivity (Wildman–Crippen MR) is 86.3 cm³/mol. The smallest absolute Gasteiger partial charge is 0.270 e. The molecule has 1 aromatic carbocycles. The fraction of sp³-hybridized carbons (Fsp3) is 0.533. The van der Waals surface area contributed by atoms with Crippen LogP contribution in [-0.4, -0.2) is 41.2 Å². The maximum Gasteiger partial charge on any atom is 0.270 e. The minimum Gasteiger partial charge on any atom is -0.395 e. The maximum absolute atomic E-state index is 10.7. The van der Waals surface area contributed by atoms with Crippen LogP contribution in [0.3, 0.4) is 0 Å². The summed E-state index contributed by atoms with van der Waals surface area (Å²) in [5.74, 6) is 0. The molecule has 22 heavy (non-hydrogen) atoms. The van der Waals surface area contributed by atoms with E-state index in [1.165, 1.54) is 31.4 Å². The van der Waals surface area contributed by atoms with E-state index in [4.69, 9.17) is 16.4 Å². The van der Waals surface area contributed by atoms with E-state index in [2.05, 4.69) is 10.1 Å². The summed E-state index contributed by atoms with van der Waals surface area (Å²) in [7, 11) is 0. The molecule has 0 radical (unpaired) electrons. The zero-order chi connectivity index (χ0) is 15.8. The SMILES string of the molecule is O=[N+]([O-])c1cccc(C(Cl)=NOCCCN2CCCCC2)c1. The van der Waals surface area contributed by atoms with E-state index >= 15 is 0 Å². The highest BCUT2D eigenvalue weighted by atomic mass is 35.5. The van der Waals surface area contributed by atoms with Crippen molar-refractivity contribution in [1.29, 1.82) is 0 Å². The Balaban J connectivity index is 1.75. The Bertz CT molecular complexity index is 531.